The van der Waals surface area contributed by atoms with Crippen molar-refractivity contribution in [3.63, 3.8) is 0 Å². The summed E-state index contributed by atoms with van der Waals surface area (Å²) in [5, 5.41) is 2.91. The van der Waals surface area contributed by atoms with Crippen molar-refractivity contribution in [2.24, 2.45) is 0 Å². The molecule has 0 aliphatic heterocycles. The summed E-state index contributed by atoms with van der Waals surface area (Å²) in [6.07, 6.45) is 0. The lowest BCUT2D eigenvalue weighted by Crippen LogP contribution is -2.28. The van der Waals surface area contributed by atoms with E-state index in [1.165, 1.54) is 6.07 Å². The van der Waals surface area contributed by atoms with E-state index >= 15 is 0 Å². The van der Waals surface area contributed by atoms with Crippen molar-refractivity contribution >= 4 is 37.5 Å². The van der Waals surface area contributed by atoms with Gasteiger partial charge in [0, 0.05) is 4.47 Å². The van der Waals surface area contributed by atoms with Gasteiger partial charge in [0.1, 0.15) is 4.90 Å². The monoisotopic (exact) mass is 458 g/mol. The van der Waals surface area contributed by atoms with E-state index in [1.807, 2.05) is 37.3 Å². The van der Waals surface area contributed by atoms with Crippen LogP contribution in [-0.2, 0) is 10.0 Å². The predicted molar refractivity (Wildman–Crippen MR) is 114 cm³/mol. The first-order valence-corrected chi connectivity index (χ1v) is 10.9. The number of hydrogen-bond donors (Lipinski definition) is 2. The molecule has 0 saturated carbocycles. The number of benzene rings is 3. The summed E-state index contributed by atoms with van der Waals surface area (Å²) < 4.78 is 28.5. The van der Waals surface area contributed by atoms with Gasteiger partial charge in [0.05, 0.1) is 17.3 Å². The predicted octanol–water partition coefficient (Wildman–Crippen LogP) is 4.74. The third kappa shape index (κ3) is 4.61. The summed E-state index contributed by atoms with van der Waals surface area (Å²) in [6.45, 7) is 1.88. The maximum atomic E-state index is 12.8. The zero-order chi connectivity index (χ0) is 20.1. The van der Waals surface area contributed by atoms with Crippen molar-refractivity contribution in [1.29, 1.82) is 0 Å². The summed E-state index contributed by atoms with van der Waals surface area (Å²) in [7, 11) is -3.86. The maximum absolute atomic E-state index is 12.8. The van der Waals surface area contributed by atoms with Crippen LogP contribution >= 0.6 is 15.9 Å². The second-order valence-corrected chi connectivity index (χ2v) is 8.69. The standard InChI is InChI=1S/C21H19BrN2O3S/c1-15(16-9-3-2-4-10-16)23-21(25)17-11-5-7-13-19(17)24-28(26,27)20-14-8-6-12-18(20)22/h2-15,24H,1H3,(H,23,25). The third-order valence-electron chi connectivity index (χ3n) is 4.19. The van der Waals surface area contributed by atoms with Gasteiger partial charge >= 0.3 is 0 Å². The van der Waals surface area contributed by atoms with Gasteiger partial charge in [-0.3, -0.25) is 9.52 Å². The summed E-state index contributed by atoms with van der Waals surface area (Å²) in [6, 6.07) is 22.4. The lowest BCUT2D eigenvalue weighted by Gasteiger charge is -2.17. The van der Waals surface area contributed by atoms with Crippen molar-refractivity contribution in [1.82, 2.24) is 5.32 Å². The maximum Gasteiger partial charge on any atom is 0.263 e. The van der Waals surface area contributed by atoms with Crippen LogP contribution in [0.4, 0.5) is 5.69 Å². The normalized spacial score (nSPS) is 12.2. The van der Waals surface area contributed by atoms with Gasteiger partial charge in [0.25, 0.3) is 15.9 Å². The molecule has 0 bridgehead atoms. The number of amides is 1. The van der Waals surface area contributed by atoms with E-state index in [9.17, 15) is 13.2 Å². The Morgan fingerprint density at radius 2 is 1.50 bits per heavy atom. The van der Waals surface area contributed by atoms with Crippen LogP contribution in [0.15, 0.2) is 88.2 Å². The molecule has 144 valence electrons. The smallest absolute Gasteiger partial charge is 0.263 e. The van der Waals surface area contributed by atoms with Gasteiger partial charge in [0.2, 0.25) is 0 Å². The van der Waals surface area contributed by atoms with E-state index in [2.05, 4.69) is 26.0 Å². The molecule has 0 aliphatic rings. The van der Waals surface area contributed by atoms with Crippen molar-refractivity contribution in [2.75, 3.05) is 4.72 Å². The molecule has 1 unspecified atom stereocenters. The number of anilines is 1. The summed E-state index contributed by atoms with van der Waals surface area (Å²) in [4.78, 5) is 12.9. The SMILES string of the molecule is CC(NC(=O)c1ccccc1NS(=O)(=O)c1ccccc1Br)c1ccccc1. The molecule has 1 amide bonds. The zero-order valence-corrected chi connectivity index (χ0v) is 17.5. The molecule has 0 heterocycles. The fourth-order valence-electron chi connectivity index (χ4n) is 2.73. The fraction of sp³-hybridized carbons (Fsp3) is 0.0952. The van der Waals surface area contributed by atoms with Crippen LogP contribution < -0.4 is 10.0 Å². The summed E-state index contributed by atoms with van der Waals surface area (Å²) in [5.41, 5.74) is 1.43. The quantitative estimate of drug-likeness (QED) is 0.559. The molecule has 7 heteroatoms. The first-order chi connectivity index (χ1) is 13.4. The van der Waals surface area contributed by atoms with Gasteiger partial charge in [-0.15, -0.1) is 0 Å². The van der Waals surface area contributed by atoms with E-state index in [4.69, 9.17) is 0 Å². The molecule has 0 fully saturated rings. The van der Waals surface area contributed by atoms with E-state index in [-0.39, 0.29) is 28.1 Å². The van der Waals surface area contributed by atoms with Crippen molar-refractivity contribution in [2.45, 2.75) is 17.9 Å². The summed E-state index contributed by atoms with van der Waals surface area (Å²) in [5.74, 6) is -0.359. The molecule has 3 aromatic carbocycles. The molecular weight excluding hydrogens is 440 g/mol. The minimum absolute atomic E-state index is 0.0999. The van der Waals surface area contributed by atoms with Gasteiger partial charge in [-0.25, -0.2) is 8.42 Å². The number of para-hydroxylation sites is 1. The Morgan fingerprint density at radius 3 is 2.21 bits per heavy atom. The Hall–Kier alpha value is -2.64. The number of hydrogen-bond acceptors (Lipinski definition) is 3. The highest BCUT2D eigenvalue weighted by Crippen LogP contribution is 2.25. The van der Waals surface area contributed by atoms with Crippen molar-refractivity contribution < 1.29 is 13.2 Å². The zero-order valence-electron chi connectivity index (χ0n) is 15.1. The highest BCUT2D eigenvalue weighted by Gasteiger charge is 2.21. The Labute approximate surface area is 173 Å². The van der Waals surface area contributed by atoms with Gasteiger partial charge < -0.3 is 5.32 Å². The number of sulfonamides is 1. The Kier molecular flexibility index (Phi) is 6.16. The van der Waals surface area contributed by atoms with E-state index in [1.54, 1.807) is 42.5 Å². The van der Waals surface area contributed by atoms with Crippen LogP contribution in [0.2, 0.25) is 0 Å². The molecule has 0 saturated heterocycles. The lowest BCUT2D eigenvalue weighted by molar-refractivity contribution is 0.0941. The third-order valence-corrected chi connectivity index (χ3v) is 6.57. The number of carbonyl (C=O) groups is 1. The molecule has 0 aliphatic carbocycles. The van der Waals surface area contributed by atoms with Crippen LogP contribution in [0.25, 0.3) is 0 Å². The largest absolute Gasteiger partial charge is 0.345 e. The number of nitrogens with one attached hydrogen (secondary N) is 2. The first kappa shape index (κ1) is 20.1. The topological polar surface area (TPSA) is 75.3 Å². The minimum Gasteiger partial charge on any atom is -0.345 e. The highest BCUT2D eigenvalue weighted by atomic mass is 79.9. The van der Waals surface area contributed by atoms with Crippen LogP contribution in [0.1, 0.15) is 28.9 Å². The molecule has 0 spiro atoms. The number of carbonyl (C=O) groups excluding carboxylic acids is 1. The molecule has 5 nitrogen and oxygen atoms in total. The highest BCUT2D eigenvalue weighted by molar-refractivity contribution is 9.10. The molecule has 28 heavy (non-hydrogen) atoms. The van der Waals surface area contributed by atoms with Crippen LogP contribution in [0.5, 0.6) is 0 Å². The average molecular weight is 459 g/mol. The number of rotatable bonds is 6. The molecule has 0 radical (unpaired) electrons. The molecule has 3 rings (SSSR count). The molecule has 2 N–H and O–H groups in total. The second-order valence-electron chi connectivity index (χ2n) is 6.19. The van der Waals surface area contributed by atoms with E-state index in [0.717, 1.165) is 5.56 Å². The van der Waals surface area contributed by atoms with Gasteiger partial charge in [-0.2, -0.15) is 0 Å². The first-order valence-electron chi connectivity index (χ1n) is 8.60. The summed E-state index contributed by atoms with van der Waals surface area (Å²) >= 11 is 3.25. The van der Waals surface area contributed by atoms with E-state index in [0.29, 0.717) is 4.47 Å². The van der Waals surface area contributed by atoms with Gasteiger partial charge in [-0.05, 0) is 52.7 Å². The fourth-order valence-corrected chi connectivity index (χ4v) is 4.82. The van der Waals surface area contributed by atoms with Crippen LogP contribution in [0, 0.1) is 0 Å². The molecule has 0 aromatic heterocycles. The Balaban J connectivity index is 1.85. The molecule has 3 aromatic rings. The van der Waals surface area contributed by atoms with Crippen LogP contribution in [0.3, 0.4) is 0 Å². The number of halogens is 1. The molecular formula is C21H19BrN2O3S. The lowest BCUT2D eigenvalue weighted by atomic mass is 10.1. The Bertz CT molecular complexity index is 1090. The average Bonchev–Trinajstić information content (AvgIpc) is 2.69. The second kappa shape index (κ2) is 8.58. The minimum atomic E-state index is -3.86. The van der Waals surface area contributed by atoms with Crippen molar-refractivity contribution in [3.8, 4) is 0 Å². The van der Waals surface area contributed by atoms with Crippen LogP contribution in [-0.4, -0.2) is 14.3 Å². The Morgan fingerprint density at radius 1 is 0.893 bits per heavy atom. The van der Waals surface area contributed by atoms with Crippen molar-refractivity contribution in [3.05, 3.63) is 94.5 Å². The van der Waals surface area contributed by atoms with E-state index < -0.39 is 10.0 Å². The molecule has 1 atom stereocenters. The van der Waals surface area contributed by atoms with Gasteiger partial charge in [-0.1, -0.05) is 54.6 Å². The van der Waals surface area contributed by atoms with Gasteiger partial charge in [0.15, 0.2) is 0 Å².